The van der Waals surface area contributed by atoms with Crippen LogP contribution in [0.25, 0.3) is 0 Å². The number of aromatic nitrogens is 1. The number of halogens is 2. The Morgan fingerprint density at radius 2 is 2.12 bits per heavy atom. The Labute approximate surface area is 106 Å². The van der Waals surface area contributed by atoms with Gasteiger partial charge in [-0.05, 0) is 19.9 Å². The van der Waals surface area contributed by atoms with Gasteiger partial charge in [0.1, 0.15) is 5.15 Å². The molecule has 0 atom stereocenters. The lowest BCUT2D eigenvalue weighted by Gasteiger charge is -2.25. The molecule has 0 amide bonds. The summed E-state index contributed by atoms with van der Waals surface area (Å²) in [6, 6.07) is 1.98. The van der Waals surface area contributed by atoms with Crippen molar-refractivity contribution < 1.29 is 5.11 Å². The molecule has 3 nitrogen and oxygen atoms in total. The Balaban J connectivity index is 2.77. The first kappa shape index (κ1) is 13.7. The fourth-order valence-corrected chi connectivity index (χ4v) is 1.84. The Morgan fingerprint density at radius 3 is 2.62 bits per heavy atom. The van der Waals surface area contributed by atoms with E-state index in [1.807, 2.05) is 0 Å². The van der Waals surface area contributed by atoms with Crippen molar-refractivity contribution >= 4 is 23.2 Å². The second-order valence-electron chi connectivity index (χ2n) is 3.89. The zero-order chi connectivity index (χ0) is 12.1. The van der Waals surface area contributed by atoms with Gasteiger partial charge in [0.2, 0.25) is 0 Å². The lowest BCUT2D eigenvalue weighted by atomic mass is 10.2. The molecule has 0 radical (unpaired) electrons. The molecule has 1 N–H and O–H groups in total. The third kappa shape index (κ3) is 3.91. The van der Waals surface area contributed by atoms with Gasteiger partial charge < -0.3 is 5.11 Å². The van der Waals surface area contributed by atoms with Crippen LogP contribution in [-0.4, -0.2) is 34.2 Å². The molecule has 16 heavy (non-hydrogen) atoms. The van der Waals surface area contributed by atoms with Crippen molar-refractivity contribution in [2.45, 2.75) is 26.4 Å². The molecule has 0 bridgehead atoms. The topological polar surface area (TPSA) is 36.4 Å². The second-order valence-corrected chi connectivity index (χ2v) is 4.68. The van der Waals surface area contributed by atoms with Crippen LogP contribution in [0.4, 0.5) is 0 Å². The summed E-state index contributed by atoms with van der Waals surface area (Å²) in [5, 5.41) is 9.98. The molecule has 0 aliphatic rings. The maximum absolute atomic E-state index is 8.97. The summed E-state index contributed by atoms with van der Waals surface area (Å²) in [7, 11) is 0. The van der Waals surface area contributed by atoms with Crippen molar-refractivity contribution in [3.05, 3.63) is 28.0 Å². The Morgan fingerprint density at radius 1 is 1.44 bits per heavy atom. The van der Waals surface area contributed by atoms with E-state index in [0.717, 1.165) is 5.56 Å². The quantitative estimate of drug-likeness (QED) is 0.829. The first-order valence-corrected chi connectivity index (χ1v) is 5.95. The smallest absolute Gasteiger partial charge is 0.130 e. The van der Waals surface area contributed by atoms with Crippen molar-refractivity contribution in [3.63, 3.8) is 0 Å². The summed E-state index contributed by atoms with van der Waals surface area (Å²) in [5.74, 6) is 0. The fourth-order valence-electron chi connectivity index (χ4n) is 1.42. The van der Waals surface area contributed by atoms with Crippen LogP contribution in [-0.2, 0) is 6.54 Å². The summed E-state index contributed by atoms with van der Waals surface area (Å²) in [6.45, 7) is 5.58. The van der Waals surface area contributed by atoms with Gasteiger partial charge in [-0.15, -0.1) is 0 Å². The van der Waals surface area contributed by atoms with Crippen LogP contribution >= 0.6 is 23.2 Å². The minimum atomic E-state index is 0.136. The highest BCUT2D eigenvalue weighted by Crippen LogP contribution is 2.20. The van der Waals surface area contributed by atoms with Crippen LogP contribution in [0.5, 0.6) is 0 Å². The van der Waals surface area contributed by atoms with Crippen molar-refractivity contribution in [2.75, 3.05) is 13.2 Å². The zero-order valence-electron chi connectivity index (χ0n) is 9.45. The average Bonchev–Trinajstić information content (AvgIpc) is 2.20. The molecule has 1 heterocycles. The van der Waals surface area contributed by atoms with Crippen molar-refractivity contribution in [3.8, 4) is 0 Å². The Bertz CT molecular complexity index is 345. The highest BCUT2D eigenvalue weighted by atomic mass is 35.5. The minimum absolute atomic E-state index is 0.136. The maximum Gasteiger partial charge on any atom is 0.130 e. The molecular formula is C11H16Cl2N2O. The molecule has 0 aliphatic carbocycles. The summed E-state index contributed by atoms with van der Waals surface area (Å²) in [4.78, 5) is 6.13. The van der Waals surface area contributed by atoms with Gasteiger partial charge in [-0.1, -0.05) is 23.2 Å². The molecule has 0 aromatic carbocycles. The highest BCUT2D eigenvalue weighted by Gasteiger charge is 2.12. The molecule has 0 saturated heterocycles. The second kappa shape index (κ2) is 6.40. The van der Waals surface area contributed by atoms with Crippen LogP contribution in [0, 0.1) is 0 Å². The van der Waals surface area contributed by atoms with Gasteiger partial charge in [0.05, 0.1) is 6.61 Å². The van der Waals surface area contributed by atoms with Gasteiger partial charge in [0.25, 0.3) is 0 Å². The van der Waals surface area contributed by atoms with E-state index in [1.165, 1.54) is 0 Å². The summed E-state index contributed by atoms with van der Waals surface area (Å²) < 4.78 is 0. The monoisotopic (exact) mass is 262 g/mol. The van der Waals surface area contributed by atoms with Gasteiger partial charge in [-0.2, -0.15) is 0 Å². The standard InChI is InChI=1S/C11H16Cl2N2O/c1-8(2)15(3-4-16)7-9-6-14-11(13)5-10(9)12/h5-6,8,16H,3-4,7H2,1-2H3. The van der Waals surface area contributed by atoms with Crippen molar-refractivity contribution in [1.82, 2.24) is 9.88 Å². The number of hydrogen-bond donors (Lipinski definition) is 1. The number of aliphatic hydroxyl groups is 1. The lowest BCUT2D eigenvalue weighted by molar-refractivity contribution is 0.159. The Hall–Kier alpha value is -0.350. The molecule has 0 aliphatic heterocycles. The third-order valence-corrected chi connectivity index (χ3v) is 2.95. The van der Waals surface area contributed by atoms with Gasteiger partial charge in [0.15, 0.2) is 0 Å². The van der Waals surface area contributed by atoms with Gasteiger partial charge >= 0.3 is 0 Å². The van der Waals surface area contributed by atoms with Crippen molar-refractivity contribution in [1.29, 1.82) is 0 Å². The lowest BCUT2D eigenvalue weighted by Crippen LogP contribution is -2.33. The predicted octanol–water partition coefficient (Wildman–Crippen LogP) is 2.59. The van der Waals surface area contributed by atoms with E-state index in [4.69, 9.17) is 28.3 Å². The largest absolute Gasteiger partial charge is 0.395 e. The number of nitrogens with zero attached hydrogens (tertiary/aromatic N) is 2. The van der Waals surface area contributed by atoms with E-state index in [9.17, 15) is 0 Å². The molecule has 90 valence electrons. The number of rotatable bonds is 5. The van der Waals surface area contributed by atoms with E-state index in [1.54, 1.807) is 12.3 Å². The number of aliphatic hydroxyl groups excluding tert-OH is 1. The molecule has 1 rings (SSSR count). The van der Waals surface area contributed by atoms with E-state index < -0.39 is 0 Å². The van der Waals surface area contributed by atoms with E-state index >= 15 is 0 Å². The van der Waals surface area contributed by atoms with Crippen LogP contribution in [0.2, 0.25) is 10.2 Å². The average molecular weight is 263 g/mol. The fraction of sp³-hybridized carbons (Fsp3) is 0.545. The number of hydrogen-bond acceptors (Lipinski definition) is 3. The van der Waals surface area contributed by atoms with Crippen LogP contribution in [0.3, 0.4) is 0 Å². The first-order chi connectivity index (χ1) is 7.54. The van der Waals surface area contributed by atoms with E-state index in [0.29, 0.717) is 29.3 Å². The minimum Gasteiger partial charge on any atom is -0.395 e. The van der Waals surface area contributed by atoms with Crippen LogP contribution in [0.1, 0.15) is 19.4 Å². The summed E-state index contributed by atoms with van der Waals surface area (Å²) in [6.07, 6.45) is 1.68. The van der Waals surface area contributed by atoms with E-state index in [-0.39, 0.29) is 6.61 Å². The third-order valence-electron chi connectivity index (χ3n) is 2.39. The molecule has 1 aromatic heterocycles. The molecule has 0 fully saturated rings. The molecule has 0 unspecified atom stereocenters. The SMILES string of the molecule is CC(C)N(CCO)Cc1cnc(Cl)cc1Cl. The molecular weight excluding hydrogens is 247 g/mol. The first-order valence-electron chi connectivity index (χ1n) is 5.19. The van der Waals surface area contributed by atoms with Crippen LogP contribution in [0.15, 0.2) is 12.3 Å². The molecule has 0 saturated carbocycles. The Kier molecular flexibility index (Phi) is 5.49. The number of pyridine rings is 1. The van der Waals surface area contributed by atoms with Crippen molar-refractivity contribution in [2.24, 2.45) is 0 Å². The van der Waals surface area contributed by atoms with Gasteiger partial charge in [-0.3, -0.25) is 4.90 Å². The van der Waals surface area contributed by atoms with Crippen LogP contribution < -0.4 is 0 Å². The molecule has 5 heteroatoms. The van der Waals surface area contributed by atoms with Gasteiger partial charge in [0, 0.05) is 35.9 Å². The summed E-state index contributed by atoms with van der Waals surface area (Å²) in [5.41, 5.74) is 0.924. The summed E-state index contributed by atoms with van der Waals surface area (Å²) >= 11 is 11.8. The maximum atomic E-state index is 8.97. The zero-order valence-corrected chi connectivity index (χ0v) is 11.0. The van der Waals surface area contributed by atoms with Gasteiger partial charge in [-0.25, -0.2) is 4.98 Å². The molecule has 1 aromatic rings. The van der Waals surface area contributed by atoms with E-state index in [2.05, 4.69) is 23.7 Å². The highest BCUT2D eigenvalue weighted by molar-refractivity contribution is 6.34. The predicted molar refractivity (Wildman–Crippen MR) is 66.9 cm³/mol. The normalized spacial score (nSPS) is 11.4. The molecule has 0 spiro atoms.